The highest BCUT2D eigenvalue weighted by atomic mass is 16.5. The zero-order valence-corrected chi connectivity index (χ0v) is 56.5. The third kappa shape index (κ3) is 69.3. The molecule has 0 aromatic carbocycles. The Balaban J connectivity index is 3.33. The summed E-state index contributed by atoms with van der Waals surface area (Å²) in [5, 5.41) is 23.4. The van der Waals surface area contributed by atoms with Gasteiger partial charge >= 0.3 is 5.97 Å². The van der Waals surface area contributed by atoms with Crippen molar-refractivity contribution in [2.75, 3.05) is 13.2 Å². The first-order valence-corrected chi connectivity index (χ1v) is 38.1. The smallest absolute Gasteiger partial charge is 0.305 e. The number of aliphatic hydroxyl groups excluding tert-OH is 2. The molecule has 492 valence electrons. The number of unbranched alkanes of at least 4 members (excludes halogenated alkanes) is 57. The molecule has 0 aromatic heterocycles. The van der Waals surface area contributed by atoms with Gasteiger partial charge in [0.1, 0.15) is 0 Å². The van der Waals surface area contributed by atoms with Crippen LogP contribution in [0.15, 0.2) is 24.3 Å². The van der Waals surface area contributed by atoms with Gasteiger partial charge in [-0.05, 0) is 57.8 Å². The Morgan fingerprint density at radius 2 is 0.602 bits per heavy atom. The predicted molar refractivity (Wildman–Crippen MR) is 366 cm³/mol. The quantitative estimate of drug-likeness (QED) is 0.0320. The van der Waals surface area contributed by atoms with Crippen molar-refractivity contribution in [2.45, 2.75) is 443 Å². The fraction of sp³-hybridized carbons (Fsp3) is 0.922. The van der Waals surface area contributed by atoms with E-state index in [-0.39, 0.29) is 18.5 Å². The molecule has 2 unspecified atom stereocenters. The monoisotopic (exact) mass is 1170 g/mol. The lowest BCUT2D eigenvalue weighted by atomic mass is 10.0. The fourth-order valence-electron chi connectivity index (χ4n) is 12.2. The Labute approximate surface area is 520 Å². The minimum absolute atomic E-state index is 0.0167. The minimum atomic E-state index is -0.662. The number of carbonyl (C=O) groups is 2. The van der Waals surface area contributed by atoms with Crippen molar-refractivity contribution < 1.29 is 24.5 Å². The maximum absolute atomic E-state index is 12.5. The average Bonchev–Trinajstić information content (AvgIpc) is 3.49. The molecule has 0 radical (unpaired) electrons. The first-order chi connectivity index (χ1) is 41.0. The van der Waals surface area contributed by atoms with Crippen LogP contribution in [0.5, 0.6) is 0 Å². The summed E-state index contributed by atoms with van der Waals surface area (Å²) in [7, 11) is 0. The molecule has 0 aromatic rings. The molecule has 0 heterocycles. The number of rotatable bonds is 72. The summed E-state index contributed by atoms with van der Waals surface area (Å²) in [4.78, 5) is 24.7. The van der Waals surface area contributed by atoms with Crippen molar-refractivity contribution in [3.05, 3.63) is 24.3 Å². The number of hydrogen-bond acceptors (Lipinski definition) is 5. The number of esters is 1. The third-order valence-electron chi connectivity index (χ3n) is 18.0. The van der Waals surface area contributed by atoms with Crippen molar-refractivity contribution >= 4 is 11.9 Å². The number of nitrogens with one attached hydrogen (secondary N) is 1. The van der Waals surface area contributed by atoms with Crippen LogP contribution in [0.3, 0.4) is 0 Å². The number of allylic oxidation sites excluding steroid dienone is 4. The highest BCUT2D eigenvalue weighted by Gasteiger charge is 2.20. The topological polar surface area (TPSA) is 95.9 Å². The maximum atomic E-state index is 12.5. The molecule has 1 amide bonds. The minimum Gasteiger partial charge on any atom is -0.466 e. The van der Waals surface area contributed by atoms with Crippen LogP contribution in [0.2, 0.25) is 0 Å². The second-order valence-electron chi connectivity index (χ2n) is 26.3. The normalized spacial score (nSPS) is 12.6. The lowest BCUT2D eigenvalue weighted by Gasteiger charge is -2.22. The van der Waals surface area contributed by atoms with E-state index in [1.165, 1.54) is 347 Å². The van der Waals surface area contributed by atoms with Crippen molar-refractivity contribution in [1.82, 2.24) is 5.32 Å². The number of aliphatic hydroxyl groups is 2. The van der Waals surface area contributed by atoms with E-state index in [1.807, 2.05) is 0 Å². The molecule has 0 aliphatic heterocycles. The van der Waals surface area contributed by atoms with E-state index in [0.717, 1.165) is 51.4 Å². The van der Waals surface area contributed by atoms with E-state index < -0.39 is 12.1 Å². The van der Waals surface area contributed by atoms with Crippen molar-refractivity contribution in [1.29, 1.82) is 0 Å². The highest BCUT2D eigenvalue weighted by molar-refractivity contribution is 5.76. The molecule has 0 rings (SSSR count). The summed E-state index contributed by atoms with van der Waals surface area (Å²) in [5.41, 5.74) is 0. The molecule has 0 aliphatic carbocycles. The molecular weight excluding hydrogens is 1020 g/mol. The Hall–Kier alpha value is -1.66. The van der Waals surface area contributed by atoms with Gasteiger partial charge in [0.25, 0.3) is 0 Å². The van der Waals surface area contributed by atoms with Crippen molar-refractivity contribution in [2.24, 2.45) is 0 Å². The van der Waals surface area contributed by atoms with Gasteiger partial charge in [-0.25, -0.2) is 0 Å². The van der Waals surface area contributed by atoms with Gasteiger partial charge in [-0.1, -0.05) is 385 Å². The van der Waals surface area contributed by atoms with Gasteiger partial charge in [0, 0.05) is 12.8 Å². The molecule has 0 fully saturated rings. The number of hydrogen-bond donors (Lipinski definition) is 3. The first-order valence-electron chi connectivity index (χ1n) is 38.1. The first kappa shape index (κ1) is 81.3. The van der Waals surface area contributed by atoms with E-state index >= 15 is 0 Å². The SMILES string of the molecule is CCCCC/C=C\C/C=C\CCCCCCCCCCCC(=O)OCCCCCCCCCCCCCCCCCCCCCCCCCCCCCCCC(=O)NC(CO)C(O)CCCCCCCCCCCCCCCCCCCC. The molecule has 0 bridgehead atoms. The molecule has 83 heavy (non-hydrogen) atoms. The maximum Gasteiger partial charge on any atom is 0.305 e. The summed E-state index contributed by atoms with van der Waals surface area (Å²) in [5.74, 6) is -0.0104. The number of carbonyl (C=O) groups excluding carboxylic acids is 2. The predicted octanol–water partition coefficient (Wildman–Crippen LogP) is 24.9. The second kappa shape index (κ2) is 72.8. The molecule has 0 spiro atoms. The molecule has 6 nitrogen and oxygen atoms in total. The second-order valence-corrected chi connectivity index (χ2v) is 26.3. The van der Waals surface area contributed by atoms with E-state index in [2.05, 4.69) is 43.5 Å². The molecule has 3 N–H and O–H groups in total. The van der Waals surface area contributed by atoms with Gasteiger partial charge in [0.15, 0.2) is 0 Å². The van der Waals surface area contributed by atoms with Crippen LogP contribution in [0.25, 0.3) is 0 Å². The van der Waals surface area contributed by atoms with Gasteiger partial charge < -0.3 is 20.3 Å². The molecule has 6 heteroatoms. The molecule has 0 saturated carbocycles. The Morgan fingerprint density at radius 1 is 0.337 bits per heavy atom. The Morgan fingerprint density at radius 3 is 0.940 bits per heavy atom. The summed E-state index contributed by atoms with van der Waals surface area (Å²) in [6.45, 7) is 4.97. The molecule has 2 atom stereocenters. The van der Waals surface area contributed by atoms with Crippen LogP contribution in [0.4, 0.5) is 0 Å². The van der Waals surface area contributed by atoms with Crippen LogP contribution in [-0.4, -0.2) is 47.4 Å². The molecular formula is C77H149NO5. The van der Waals surface area contributed by atoms with Crippen LogP contribution in [0, 0.1) is 0 Å². The average molecular weight is 1170 g/mol. The van der Waals surface area contributed by atoms with Crippen molar-refractivity contribution in [3.8, 4) is 0 Å². The zero-order chi connectivity index (χ0) is 59.9. The summed E-state index contributed by atoms with van der Waals surface area (Å²) in [6, 6.07) is -0.539. The Bertz CT molecular complexity index is 1300. The summed E-state index contributed by atoms with van der Waals surface area (Å²) in [6.07, 6.45) is 92.5. The summed E-state index contributed by atoms with van der Waals surface area (Å²) < 4.78 is 5.51. The van der Waals surface area contributed by atoms with E-state index in [4.69, 9.17) is 4.74 Å². The van der Waals surface area contributed by atoms with Crippen LogP contribution < -0.4 is 5.32 Å². The van der Waals surface area contributed by atoms with E-state index in [0.29, 0.717) is 25.9 Å². The lowest BCUT2D eigenvalue weighted by molar-refractivity contribution is -0.143. The van der Waals surface area contributed by atoms with Crippen LogP contribution in [0.1, 0.15) is 431 Å². The summed E-state index contributed by atoms with van der Waals surface area (Å²) >= 11 is 0. The standard InChI is InChI=1S/C77H149NO5/c1-3-5-7-9-11-13-15-17-19-21-34-39-43-47-51-55-59-63-67-71-77(82)83-72-68-64-60-56-52-48-44-40-36-33-31-29-27-25-23-24-26-28-30-32-35-38-42-46-50-54-58-62-66-70-76(81)78-74(73-79)75(80)69-65-61-57-53-49-45-41-37-22-20-18-16-14-12-10-8-6-4-2/h11,13,17,19,74-75,79-80H,3-10,12,14-16,18,20-73H2,1-2H3,(H,78,81)/b13-11-,19-17-. The van der Waals surface area contributed by atoms with Crippen LogP contribution >= 0.6 is 0 Å². The fourth-order valence-corrected chi connectivity index (χ4v) is 12.2. The largest absolute Gasteiger partial charge is 0.466 e. The number of ether oxygens (including phenoxy) is 1. The van der Waals surface area contributed by atoms with Gasteiger partial charge in [-0.2, -0.15) is 0 Å². The number of amides is 1. The lowest BCUT2D eigenvalue weighted by Crippen LogP contribution is -2.45. The van der Waals surface area contributed by atoms with Gasteiger partial charge in [-0.3, -0.25) is 9.59 Å². The molecule has 0 aliphatic rings. The van der Waals surface area contributed by atoms with Gasteiger partial charge in [0.05, 0.1) is 25.4 Å². The third-order valence-corrected chi connectivity index (χ3v) is 18.0. The Kier molecular flexibility index (Phi) is 71.4. The zero-order valence-electron chi connectivity index (χ0n) is 56.5. The molecule has 0 saturated heterocycles. The van der Waals surface area contributed by atoms with Crippen LogP contribution in [-0.2, 0) is 14.3 Å². The highest BCUT2D eigenvalue weighted by Crippen LogP contribution is 2.20. The van der Waals surface area contributed by atoms with E-state index in [1.54, 1.807) is 0 Å². The van der Waals surface area contributed by atoms with Gasteiger partial charge in [0.2, 0.25) is 5.91 Å². The van der Waals surface area contributed by atoms with Crippen molar-refractivity contribution in [3.63, 3.8) is 0 Å². The van der Waals surface area contributed by atoms with E-state index in [9.17, 15) is 19.8 Å². The van der Waals surface area contributed by atoms with Gasteiger partial charge in [-0.15, -0.1) is 0 Å².